The SMILES string of the molecule is COC(=O)CC(Cc1ccccc1)C(C)=O. The second kappa shape index (κ2) is 6.05. The van der Waals surface area contributed by atoms with Gasteiger partial charge in [0.2, 0.25) is 0 Å². The second-order valence-corrected chi connectivity index (χ2v) is 3.78. The summed E-state index contributed by atoms with van der Waals surface area (Å²) >= 11 is 0. The van der Waals surface area contributed by atoms with E-state index >= 15 is 0 Å². The zero-order valence-corrected chi connectivity index (χ0v) is 9.60. The Balaban J connectivity index is 2.65. The summed E-state index contributed by atoms with van der Waals surface area (Å²) in [5, 5.41) is 0. The Labute approximate surface area is 95.4 Å². The van der Waals surface area contributed by atoms with Gasteiger partial charge in [0.05, 0.1) is 13.5 Å². The first kappa shape index (κ1) is 12.4. The van der Waals surface area contributed by atoms with Crippen molar-refractivity contribution in [3.63, 3.8) is 0 Å². The molecule has 3 nitrogen and oxygen atoms in total. The van der Waals surface area contributed by atoms with Crippen LogP contribution in [0.1, 0.15) is 18.9 Å². The van der Waals surface area contributed by atoms with Gasteiger partial charge in [-0.05, 0) is 18.9 Å². The molecule has 0 saturated carbocycles. The van der Waals surface area contributed by atoms with Crippen molar-refractivity contribution in [1.29, 1.82) is 0 Å². The number of ether oxygens (including phenoxy) is 1. The molecule has 0 aliphatic carbocycles. The Kier molecular flexibility index (Phi) is 4.70. The van der Waals surface area contributed by atoms with Crippen molar-refractivity contribution in [2.45, 2.75) is 19.8 Å². The van der Waals surface area contributed by atoms with E-state index < -0.39 is 0 Å². The fourth-order valence-electron chi connectivity index (χ4n) is 1.54. The standard InChI is InChI=1S/C13H16O3/c1-10(14)12(9-13(15)16-2)8-11-6-4-3-5-7-11/h3-7,12H,8-9H2,1-2H3. The van der Waals surface area contributed by atoms with Crippen molar-refractivity contribution in [3.8, 4) is 0 Å². The van der Waals surface area contributed by atoms with Gasteiger partial charge in [-0.3, -0.25) is 9.59 Å². The van der Waals surface area contributed by atoms with E-state index in [1.807, 2.05) is 30.3 Å². The van der Waals surface area contributed by atoms with E-state index in [0.717, 1.165) is 5.56 Å². The Hall–Kier alpha value is -1.64. The van der Waals surface area contributed by atoms with Gasteiger partial charge in [0.1, 0.15) is 5.78 Å². The highest BCUT2D eigenvalue weighted by Gasteiger charge is 2.19. The average molecular weight is 220 g/mol. The molecule has 3 heteroatoms. The maximum Gasteiger partial charge on any atom is 0.306 e. The van der Waals surface area contributed by atoms with Crippen LogP contribution >= 0.6 is 0 Å². The third kappa shape index (κ3) is 3.85. The van der Waals surface area contributed by atoms with E-state index in [9.17, 15) is 9.59 Å². The molecule has 16 heavy (non-hydrogen) atoms. The predicted molar refractivity (Wildman–Crippen MR) is 61.0 cm³/mol. The van der Waals surface area contributed by atoms with E-state index in [2.05, 4.69) is 4.74 Å². The quantitative estimate of drug-likeness (QED) is 0.713. The summed E-state index contributed by atoms with van der Waals surface area (Å²) in [5.41, 5.74) is 1.06. The number of carbonyl (C=O) groups is 2. The highest BCUT2D eigenvalue weighted by molar-refractivity contribution is 5.83. The number of rotatable bonds is 5. The fourth-order valence-corrected chi connectivity index (χ4v) is 1.54. The van der Waals surface area contributed by atoms with E-state index in [0.29, 0.717) is 6.42 Å². The highest BCUT2D eigenvalue weighted by atomic mass is 16.5. The lowest BCUT2D eigenvalue weighted by Crippen LogP contribution is -2.19. The summed E-state index contributed by atoms with van der Waals surface area (Å²) in [6.45, 7) is 1.51. The van der Waals surface area contributed by atoms with Crippen LogP contribution in [0.5, 0.6) is 0 Å². The summed E-state index contributed by atoms with van der Waals surface area (Å²) in [6.07, 6.45) is 0.742. The van der Waals surface area contributed by atoms with Gasteiger partial charge in [-0.2, -0.15) is 0 Å². The van der Waals surface area contributed by atoms with Crippen LogP contribution in [0.15, 0.2) is 30.3 Å². The van der Waals surface area contributed by atoms with Crippen LogP contribution in [-0.2, 0) is 20.7 Å². The van der Waals surface area contributed by atoms with Crippen molar-refractivity contribution in [2.75, 3.05) is 7.11 Å². The third-order valence-corrected chi connectivity index (χ3v) is 2.54. The maximum atomic E-state index is 11.4. The first-order valence-corrected chi connectivity index (χ1v) is 5.24. The summed E-state index contributed by atoms with van der Waals surface area (Å²) < 4.78 is 4.58. The van der Waals surface area contributed by atoms with Gasteiger partial charge in [0.25, 0.3) is 0 Å². The van der Waals surface area contributed by atoms with Gasteiger partial charge in [-0.25, -0.2) is 0 Å². The maximum absolute atomic E-state index is 11.4. The zero-order valence-electron chi connectivity index (χ0n) is 9.60. The Bertz CT molecular complexity index is 357. The van der Waals surface area contributed by atoms with Crippen LogP contribution in [0.3, 0.4) is 0 Å². The summed E-state index contributed by atoms with van der Waals surface area (Å²) in [4.78, 5) is 22.5. The molecule has 0 aliphatic heterocycles. The van der Waals surface area contributed by atoms with E-state index in [-0.39, 0.29) is 24.1 Å². The van der Waals surface area contributed by atoms with Crippen LogP contribution in [0.4, 0.5) is 0 Å². The number of methoxy groups -OCH3 is 1. The van der Waals surface area contributed by atoms with Crippen LogP contribution in [0.2, 0.25) is 0 Å². The number of hydrogen-bond donors (Lipinski definition) is 0. The molecule has 0 amide bonds. The number of esters is 1. The lowest BCUT2D eigenvalue weighted by molar-refractivity contribution is -0.143. The zero-order chi connectivity index (χ0) is 12.0. The number of hydrogen-bond acceptors (Lipinski definition) is 3. The largest absolute Gasteiger partial charge is 0.469 e. The third-order valence-electron chi connectivity index (χ3n) is 2.54. The Morgan fingerprint density at radius 1 is 1.25 bits per heavy atom. The summed E-state index contributed by atoms with van der Waals surface area (Å²) in [5.74, 6) is -0.597. The molecule has 1 aromatic rings. The van der Waals surface area contributed by atoms with E-state index in [4.69, 9.17) is 0 Å². The molecular formula is C13H16O3. The second-order valence-electron chi connectivity index (χ2n) is 3.78. The number of benzene rings is 1. The molecule has 0 aromatic heterocycles. The molecule has 0 heterocycles. The minimum atomic E-state index is -0.337. The normalized spacial score (nSPS) is 11.9. The van der Waals surface area contributed by atoms with Crippen molar-refractivity contribution in [3.05, 3.63) is 35.9 Å². The Morgan fingerprint density at radius 2 is 1.88 bits per heavy atom. The highest BCUT2D eigenvalue weighted by Crippen LogP contribution is 2.14. The molecule has 1 unspecified atom stereocenters. The molecular weight excluding hydrogens is 204 g/mol. The first-order chi connectivity index (χ1) is 7.63. The van der Waals surface area contributed by atoms with Crippen LogP contribution in [0, 0.1) is 5.92 Å². The smallest absolute Gasteiger partial charge is 0.306 e. The number of carbonyl (C=O) groups excluding carboxylic acids is 2. The van der Waals surface area contributed by atoms with Gasteiger partial charge < -0.3 is 4.74 Å². The number of Topliss-reactive ketones (excluding diaryl/α,β-unsaturated/α-hetero) is 1. The summed E-state index contributed by atoms with van der Waals surface area (Å²) in [6, 6.07) is 9.67. The van der Waals surface area contributed by atoms with Gasteiger partial charge in [0, 0.05) is 5.92 Å². The summed E-state index contributed by atoms with van der Waals surface area (Å²) in [7, 11) is 1.34. The number of ketones is 1. The predicted octanol–water partition coefficient (Wildman–Crippen LogP) is 2.00. The lowest BCUT2D eigenvalue weighted by atomic mass is 9.93. The molecule has 0 bridgehead atoms. The molecule has 1 rings (SSSR count). The van der Waals surface area contributed by atoms with Crippen molar-refractivity contribution in [2.24, 2.45) is 5.92 Å². The molecule has 1 atom stereocenters. The van der Waals surface area contributed by atoms with Crippen molar-refractivity contribution in [1.82, 2.24) is 0 Å². The monoisotopic (exact) mass is 220 g/mol. The van der Waals surface area contributed by atoms with Crippen molar-refractivity contribution >= 4 is 11.8 Å². The first-order valence-electron chi connectivity index (χ1n) is 5.24. The fraction of sp³-hybridized carbons (Fsp3) is 0.385. The van der Waals surface area contributed by atoms with Crippen LogP contribution < -0.4 is 0 Å². The lowest BCUT2D eigenvalue weighted by Gasteiger charge is -2.12. The Morgan fingerprint density at radius 3 is 2.38 bits per heavy atom. The molecule has 0 radical (unpaired) electrons. The minimum Gasteiger partial charge on any atom is -0.469 e. The molecule has 1 aromatic carbocycles. The van der Waals surface area contributed by atoms with E-state index in [1.165, 1.54) is 14.0 Å². The average Bonchev–Trinajstić information content (AvgIpc) is 2.29. The van der Waals surface area contributed by atoms with Gasteiger partial charge in [-0.15, -0.1) is 0 Å². The van der Waals surface area contributed by atoms with Crippen molar-refractivity contribution < 1.29 is 14.3 Å². The molecule has 0 fully saturated rings. The topological polar surface area (TPSA) is 43.4 Å². The van der Waals surface area contributed by atoms with Gasteiger partial charge >= 0.3 is 5.97 Å². The molecule has 0 saturated heterocycles. The minimum absolute atomic E-state index is 0.0225. The van der Waals surface area contributed by atoms with Gasteiger partial charge in [0.15, 0.2) is 0 Å². The molecule has 0 N–H and O–H groups in total. The van der Waals surface area contributed by atoms with Crippen LogP contribution in [0.25, 0.3) is 0 Å². The van der Waals surface area contributed by atoms with E-state index in [1.54, 1.807) is 0 Å². The molecule has 0 aliphatic rings. The van der Waals surface area contributed by atoms with Crippen LogP contribution in [-0.4, -0.2) is 18.9 Å². The molecule has 0 spiro atoms. The van der Waals surface area contributed by atoms with Gasteiger partial charge in [-0.1, -0.05) is 30.3 Å². The molecule has 86 valence electrons.